The van der Waals surface area contributed by atoms with Crippen LogP contribution in [0.25, 0.3) is 0 Å². The van der Waals surface area contributed by atoms with Crippen LogP contribution in [0.5, 0.6) is 5.75 Å². The van der Waals surface area contributed by atoms with Crippen molar-refractivity contribution in [3.8, 4) is 5.75 Å². The molecule has 0 bridgehead atoms. The molecule has 0 aliphatic carbocycles. The Bertz CT molecular complexity index is 378. The summed E-state index contributed by atoms with van der Waals surface area (Å²) < 4.78 is 6.89. The van der Waals surface area contributed by atoms with Crippen LogP contribution in [0.2, 0.25) is 0 Å². The second kappa shape index (κ2) is 7.12. The van der Waals surface area contributed by atoms with Gasteiger partial charge in [0.1, 0.15) is 12.4 Å². The van der Waals surface area contributed by atoms with Gasteiger partial charge in [-0.1, -0.05) is 28.4 Å². The third-order valence-electron chi connectivity index (χ3n) is 3.36. The largest absolute Gasteiger partial charge is 0.492 e. The lowest BCUT2D eigenvalue weighted by Crippen LogP contribution is -2.33. The van der Waals surface area contributed by atoms with E-state index in [4.69, 9.17) is 10.5 Å². The molecule has 1 fully saturated rings. The highest BCUT2D eigenvalue weighted by atomic mass is 79.9. The number of hydrogen-bond acceptors (Lipinski definition) is 3. The Balaban J connectivity index is 1.83. The fourth-order valence-electron chi connectivity index (χ4n) is 2.30. The van der Waals surface area contributed by atoms with E-state index in [1.807, 2.05) is 18.2 Å². The van der Waals surface area contributed by atoms with Gasteiger partial charge in [-0.2, -0.15) is 0 Å². The maximum Gasteiger partial charge on any atom is 0.124 e. The molecule has 0 atom stereocenters. The molecular weight excluding hydrogens is 292 g/mol. The lowest BCUT2D eigenvalue weighted by molar-refractivity contribution is 0.182. The topological polar surface area (TPSA) is 38.5 Å². The molecule has 0 spiro atoms. The number of rotatable bonds is 5. The summed E-state index contributed by atoms with van der Waals surface area (Å²) in [5, 5.41) is 0. The van der Waals surface area contributed by atoms with Gasteiger partial charge in [-0.05, 0) is 38.1 Å². The maximum atomic E-state index is 5.86. The van der Waals surface area contributed by atoms with Gasteiger partial charge in [0.15, 0.2) is 0 Å². The molecule has 0 unspecified atom stereocenters. The Morgan fingerprint density at radius 2 is 2.00 bits per heavy atom. The first-order chi connectivity index (χ1) is 8.79. The van der Waals surface area contributed by atoms with Crippen LogP contribution in [0.15, 0.2) is 22.7 Å². The molecule has 1 saturated heterocycles. The minimum absolute atomic E-state index is 0.520. The van der Waals surface area contributed by atoms with E-state index in [0.717, 1.165) is 28.9 Å². The van der Waals surface area contributed by atoms with Crippen molar-refractivity contribution in [2.75, 3.05) is 26.2 Å². The Morgan fingerprint density at radius 1 is 1.22 bits per heavy atom. The molecule has 2 N–H and O–H groups in total. The second-order valence-electron chi connectivity index (χ2n) is 4.71. The lowest BCUT2D eigenvalue weighted by Gasteiger charge is -2.26. The summed E-state index contributed by atoms with van der Waals surface area (Å²) in [6, 6.07) is 6.01. The quantitative estimate of drug-likeness (QED) is 0.908. The van der Waals surface area contributed by atoms with Crippen molar-refractivity contribution in [3.05, 3.63) is 28.2 Å². The lowest BCUT2D eigenvalue weighted by atomic mass is 10.1. The Morgan fingerprint density at radius 3 is 2.72 bits per heavy atom. The fourth-order valence-corrected chi connectivity index (χ4v) is 2.64. The summed E-state index contributed by atoms with van der Waals surface area (Å²) in [6.45, 7) is 4.70. The summed E-state index contributed by atoms with van der Waals surface area (Å²) in [4.78, 5) is 2.48. The minimum Gasteiger partial charge on any atom is -0.492 e. The van der Waals surface area contributed by atoms with Gasteiger partial charge in [-0.3, -0.25) is 4.90 Å². The number of likely N-dealkylation sites (tertiary alicyclic amines) is 1. The van der Waals surface area contributed by atoms with Crippen molar-refractivity contribution in [2.45, 2.75) is 25.8 Å². The predicted octanol–water partition coefficient (Wildman–Crippen LogP) is 2.77. The molecule has 1 aromatic carbocycles. The number of nitrogens with two attached hydrogens (primary N) is 1. The Hall–Kier alpha value is -0.580. The summed E-state index contributed by atoms with van der Waals surface area (Å²) >= 11 is 3.46. The molecule has 18 heavy (non-hydrogen) atoms. The van der Waals surface area contributed by atoms with Crippen LogP contribution < -0.4 is 10.5 Å². The SMILES string of the molecule is NCc1ccc(Br)cc1OCCN1CCCCC1. The fraction of sp³-hybridized carbons (Fsp3) is 0.571. The molecule has 2 rings (SSSR count). The molecule has 1 aliphatic heterocycles. The van der Waals surface area contributed by atoms with E-state index in [9.17, 15) is 0 Å². The van der Waals surface area contributed by atoms with Gasteiger partial charge in [0.05, 0.1) is 0 Å². The van der Waals surface area contributed by atoms with Crippen molar-refractivity contribution >= 4 is 15.9 Å². The first-order valence-corrected chi connectivity index (χ1v) is 7.42. The van der Waals surface area contributed by atoms with Crippen LogP contribution in [0.3, 0.4) is 0 Å². The van der Waals surface area contributed by atoms with E-state index < -0.39 is 0 Å². The predicted molar refractivity (Wildman–Crippen MR) is 77.8 cm³/mol. The average Bonchev–Trinajstić information content (AvgIpc) is 2.40. The summed E-state index contributed by atoms with van der Waals surface area (Å²) in [5.74, 6) is 0.906. The van der Waals surface area contributed by atoms with Crippen LogP contribution in [0.1, 0.15) is 24.8 Å². The third-order valence-corrected chi connectivity index (χ3v) is 3.86. The van der Waals surface area contributed by atoms with Gasteiger partial charge in [0, 0.05) is 23.1 Å². The van der Waals surface area contributed by atoms with Crippen molar-refractivity contribution < 1.29 is 4.74 Å². The number of nitrogens with zero attached hydrogens (tertiary/aromatic N) is 1. The average molecular weight is 313 g/mol. The monoisotopic (exact) mass is 312 g/mol. The number of benzene rings is 1. The van der Waals surface area contributed by atoms with Crippen LogP contribution in [0.4, 0.5) is 0 Å². The molecule has 0 saturated carbocycles. The molecule has 100 valence electrons. The molecule has 1 aromatic rings. The third kappa shape index (κ3) is 3.97. The van der Waals surface area contributed by atoms with Crippen LogP contribution in [-0.2, 0) is 6.54 Å². The molecule has 1 aliphatic rings. The van der Waals surface area contributed by atoms with E-state index in [1.165, 1.54) is 32.4 Å². The van der Waals surface area contributed by atoms with Crippen molar-refractivity contribution in [1.29, 1.82) is 0 Å². The molecule has 4 heteroatoms. The van der Waals surface area contributed by atoms with E-state index >= 15 is 0 Å². The van der Waals surface area contributed by atoms with E-state index in [1.54, 1.807) is 0 Å². The maximum absolute atomic E-state index is 5.86. The zero-order valence-corrected chi connectivity index (χ0v) is 12.3. The minimum atomic E-state index is 0.520. The van der Waals surface area contributed by atoms with Gasteiger partial charge < -0.3 is 10.5 Å². The molecule has 0 amide bonds. The van der Waals surface area contributed by atoms with E-state index in [0.29, 0.717) is 6.54 Å². The Kier molecular flexibility index (Phi) is 5.47. The summed E-state index contributed by atoms with van der Waals surface area (Å²) in [6.07, 6.45) is 4.02. The van der Waals surface area contributed by atoms with Crippen LogP contribution >= 0.6 is 15.9 Å². The normalized spacial score (nSPS) is 16.8. The number of piperidine rings is 1. The zero-order chi connectivity index (χ0) is 12.8. The van der Waals surface area contributed by atoms with Crippen molar-refractivity contribution in [1.82, 2.24) is 4.90 Å². The van der Waals surface area contributed by atoms with E-state index in [-0.39, 0.29) is 0 Å². The number of halogens is 1. The first-order valence-electron chi connectivity index (χ1n) is 6.63. The molecule has 1 heterocycles. The van der Waals surface area contributed by atoms with Gasteiger partial charge in [0.25, 0.3) is 0 Å². The molecular formula is C14H21BrN2O. The molecule has 3 nitrogen and oxygen atoms in total. The summed E-state index contributed by atoms with van der Waals surface area (Å²) in [7, 11) is 0. The standard InChI is InChI=1S/C14H21BrN2O/c15-13-5-4-12(11-16)14(10-13)18-9-8-17-6-2-1-3-7-17/h4-5,10H,1-3,6-9,11,16H2. The van der Waals surface area contributed by atoms with Crippen LogP contribution in [-0.4, -0.2) is 31.1 Å². The number of ether oxygens (including phenoxy) is 1. The number of hydrogen-bond donors (Lipinski definition) is 1. The van der Waals surface area contributed by atoms with Crippen molar-refractivity contribution in [2.24, 2.45) is 5.73 Å². The van der Waals surface area contributed by atoms with Gasteiger partial charge in [-0.15, -0.1) is 0 Å². The highest BCUT2D eigenvalue weighted by molar-refractivity contribution is 9.10. The Labute approximate surface area is 117 Å². The van der Waals surface area contributed by atoms with Gasteiger partial charge >= 0.3 is 0 Å². The summed E-state index contributed by atoms with van der Waals surface area (Å²) in [5.41, 5.74) is 6.78. The van der Waals surface area contributed by atoms with Gasteiger partial charge in [-0.25, -0.2) is 0 Å². The highest BCUT2D eigenvalue weighted by Gasteiger charge is 2.10. The van der Waals surface area contributed by atoms with Crippen molar-refractivity contribution in [3.63, 3.8) is 0 Å². The highest BCUT2D eigenvalue weighted by Crippen LogP contribution is 2.23. The first kappa shape index (κ1) is 13.8. The zero-order valence-electron chi connectivity index (χ0n) is 10.7. The van der Waals surface area contributed by atoms with Gasteiger partial charge in [0.2, 0.25) is 0 Å². The second-order valence-corrected chi connectivity index (χ2v) is 5.62. The molecule has 0 radical (unpaired) electrons. The molecule has 0 aromatic heterocycles. The smallest absolute Gasteiger partial charge is 0.124 e. The van der Waals surface area contributed by atoms with Crippen LogP contribution in [0, 0.1) is 0 Å². The van der Waals surface area contributed by atoms with E-state index in [2.05, 4.69) is 20.8 Å².